The molecule has 1 saturated heterocycles. The number of aromatic nitrogens is 2. The van der Waals surface area contributed by atoms with Gasteiger partial charge in [0.05, 0.1) is 29.7 Å². The zero-order valence-corrected chi connectivity index (χ0v) is 18.8. The third kappa shape index (κ3) is 3.34. The van der Waals surface area contributed by atoms with Gasteiger partial charge in [-0.05, 0) is 27.7 Å². The molecule has 0 aromatic carbocycles. The van der Waals surface area contributed by atoms with Gasteiger partial charge in [-0.25, -0.2) is 9.78 Å². The van der Waals surface area contributed by atoms with Gasteiger partial charge in [0, 0.05) is 23.1 Å². The maximum atomic E-state index is 13.1. The van der Waals surface area contributed by atoms with Crippen LogP contribution in [0.1, 0.15) is 40.4 Å². The monoisotopic (exact) mass is 447 g/mol. The fourth-order valence-electron chi connectivity index (χ4n) is 4.21. The lowest BCUT2D eigenvalue weighted by atomic mass is 9.77. The molecule has 0 bridgehead atoms. The Morgan fingerprint density at radius 3 is 2.68 bits per heavy atom. The predicted octanol–water partition coefficient (Wildman–Crippen LogP) is 2.05. The number of amides is 1. The molecule has 1 fully saturated rings. The molecule has 2 aromatic heterocycles. The predicted molar refractivity (Wildman–Crippen MR) is 111 cm³/mol. The SMILES string of the molecule is C[C@@H](O)[C@H]1C(=O)N2C(C(=O)OCOC(=O)C(C)(C)C)=C(c3ncc4sccn34)[C@H](C)[C@H]12. The van der Waals surface area contributed by atoms with Gasteiger partial charge in [-0.1, -0.05) is 6.92 Å². The summed E-state index contributed by atoms with van der Waals surface area (Å²) >= 11 is 1.50. The molecule has 0 unspecified atom stereocenters. The second kappa shape index (κ2) is 7.45. The van der Waals surface area contributed by atoms with Crippen LogP contribution in [0.2, 0.25) is 0 Å². The number of aliphatic hydroxyl groups is 1. The fourth-order valence-corrected chi connectivity index (χ4v) is 4.91. The van der Waals surface area contributed by atoms with Crippen molar-refractivity contribution in [2.45, 2.75) is 46.8 Å². The van der Waals surface area contributed by atoms with Crippen molar-refractivity contribution in [3.63, 3.8) is 0 Å². The van der Waals surface area contributed by atoms with E-state index in [1.807, 2.05) is 22.9 Å². The Labute approximate surface area is 183 Å². The molecule has 10 heteroatoms. The summed E-state index contributed by atoms with van der Waals surface area (Å²) in [5.74, 6) is -1.91. The molecule has 0 saturated carbocycles. The van der Waals surface area contributed by atoms with Crippen molar-refractivity contribution < 1.29 is 29.0 Å². The molecule has 4 rings (SSSR count). The fraction of sp³-hybridized carbons (Fsp3) is 0.524. The third-order valence-electron chi connectivity index (χ3n) is 5.76. The largest absolute Gasteiger partial charge is 0.427 e. The first-order valence-electron chi connectivity index (χ1n) is 10.0. The molecular weight excluding hydrogens is 422 g/mol. The van der Waals surface area contributed by atoms with Gasteiger partial charge in [-0.2, -0.15) is 0 Å². The van der Waals surface area contributed by atoms with Crippen molar-refractivity contribution in [3.05, 3.63) is 29.3 Å². The minimum absolute atomic E-state index is 0.0879. The molecule has 4 atom stereocenters. The van der Waals surface area contributed by atoms with Crippen LogP contribution < -0.4 is 0 Å². The molecule has 0 spiro atoms. The number of fused-ring (bicyclic) bond motifs is 2. The summed E-state index contributed by atoms with van der Waals surface area (Å²) in [6.07, 6.45) is 2.71. The molecule has 1 N–H and O–H groups in total. The standard InChI is InChI=1S/C21H25N3O6S/c1-10-13(17-22-8-12-23(17)6-7-31-12)16(24-15(10)14(11(2)25)18(24)26)19(27)29-9-30-20(28)21(3,4)5/h6-8,10-11,14-15,25H,9H2,1-5H3/t10-,11+,14+,15+/m0/s1. The number of β-lactam (4-membered cyclic amide) rings is 1. The molecule has 9 nitrogen and oxygen atoms in total. The molecule has 2 aromatic rings. The molecule has 31 heavy (non-hydrogen) atoms. The number of aliphatic hydroxyl groups excluding tert-OH is 1. The van der Waals surface area contributed by atoms with Gasteiger partial charge >= 0.3 is 11.9 Å². The van der Waals surface area contributed by atoms with Gasteiger partial charge in [-0.15, -0.1) is 11.3 Å². The van der Waals surface area contributed by atoms with E-state index < -0.39 is 36.2 Å². The Morgan fingerprint density at radius 2 is 2.03 bits per heavy atom. The summed E-state index contributed by atoms with van der Waals surface area (Å²) in [7, 11) is 0. The number of esters is 2. The van der Waals surface area contributed by atoms with E-state index in [0.29, 0.717) is 11.4 Å². The van der Waals surface area contributed by atoms with Crippen LogP contribution in [0, 0.1) is 17.3 Å². The molecular formula is C21H25N3O6S. The number of imidazole rings is 1. The summed E-state index contributed by atoms with van der Waals surface area (Å²) in [4.78, 5) is 44.6. The molecule has 4 heterocycles. The van der Waals surface area contributed by atoms with Crippen LogP contribution in [-0.4, -0.2) is 56.2 Å². The van der Waals surface area contributed by atoms with Gasteiger partial charge in [-0.3, -0.25) is 14.0 Å². The van der Waals surface area contributed by atoms with Crippen LogP contribution in [0.4, 0.5) is 0 Å². The normalized spacial score (nSPS) is 24.3. The first-order valence-corrected chi connectivity index (χ1v) is 10.9. The van der Waals surface area contributed by atoms with Gasteiger partial charge in [0.25, 0.3) is 0 Å². The van der Waals surface area contributed by atoms with E-state index in [1.165, 1.54) is 16.2 Å². The smallest absolute Gasteiger partial charge is 0.358 e. The van der Waals surface area contributed by atoms with Crippen molar-refractivity contribution in [3.8, 4) is 0 Å². The number of hydrogen-bond acceptors (Lipinski definition) is 8. The van der Waals surface area contributed by atoms with Crippen molar-refractivity contribution >= 4 is 39.6 Å². The first kappa shape index (κ1) is 21.5. The molecule has 2 aliphatic heterocycles. The Morgan fingerprint density at radius 1 is 1.32 bits per heavy atom. The average molecular weight is 448 g/mol. The highest BCUT2D eigenvalue weighted by molar-refractivity contribution is 7.15. The highest BCUT2D eigenvalue weighted by Crippen LogP contribution is 2.50. The summed E-state index contributed by atoms with van der Waals surface area (Å²) in [5.41, 5.74) is -0.0701. The van der Waals surface area contributed by atoms with Gasteiger partial charge in [0.15, 0.2) is 0 Å². The van der Waals surface area contributed by atoms with Gasteiger partial charge < -0.3 is 19.5 Å². The van der Waals surface area contributed by atoms with E-state index in [2.05, 4.69) is 4.98 Å². The van der Waals surface area contributed by atoms with Gasteiger partial charge in [0.2, 0.25) is 12.7 Å². The highest BCUT2D eigenvalue weighted by Gasteiger charge is 2.60. The van der Waals surface area contributed by atoms with Crippen LogP contribution in [0.15, 0.2) is 23.5 Å². The Bertz CT molecular complexity index is 1090. The van der Waals surface area contributed by atoms with E-state index in [9.17, 15) is 19.5 Å². The lowest BCUT2D eigenvalue weighted by Crippen LogP contribution is -2.63. The van der Waals surface area contributed by atoms with Gasteiger partial charge in [0.1, 0.15) is 16.4 Å². The third-order valence-corrected chi connectivity index (χ3v) is 6.56. The number of rotatable bonds is 5. The quantitative estimate of drug-likeness (QED) is 0.424. The maximum absolute atomic E-state index is 13.1. The minimum atomic E-state index is -0.845. The van der Waals surface area contributed by atoms with Crippen molar-refractivity contribution in [1.29, 1.82) is 0 Å². The Hall–Kier alpha value is -2.72. The molecule has 1 amide bonds. The number of carbonyl (C=O) groups excluding carboxylic acids is 3. The van der Waals surface area contributed by atoms with E-state index >= 15 is 0 Å². The van der Waals surface area contributed by atoms with Crippen molar-refractivity contribution in [2.75, 3.05) is 6.79 Å². The van der Waals surface area contributed by atoms with E-state index in [1.54, 1.807) is 33.9 Å². The lowest BCUT2D eigenvalue weighted by molar-refractivity contribution is -0.175. The zero-order chi connectivity index (χ0) is 22.7. The van der Waals surface area contributed by atoms with Crippen molar-refractivity contribution in [1.82, 2.24) is 14.3 Å². The first-order chi connectivity index (χ1) is 14.5. The number of thiazole rings is 1. The molecule has 166 valence electrons. The van der Waals surface area contributed by atoms with Crippen LogP contribution in [0.5, 0.6) is 0 Å². The minimum Gasteiger partial charge on any atom is -0.427 e. The highest BCUT2D eigenvalue weighted by atomic mass is 32.1. The van der Waals surface area contributed by atoms with E-state index in [-0.39, 0.29) is 23.6 Å². The number of hydrogen-bond donors (Lipinski definition) is 1. The van der Waals surface area contributed by atoms with Crippen LogP contribution in [0.25, 0.3) is 10.4 Å². The number of nitrogens with zero attached hydrogens (tertiary/aromatic N) is 3. The second-order valence-corrected chi connectivity index (χ2v) is 9.87. The van der Waals surface area contributed by atoms with Crippen molar-refractivity contribution in [2.24, 2.45) is 17.3 Å². The van der Waals surface area contributed by atoms with Crippen LogP contribution >= 0.6 is 11.3 Å². The molecule has 0 aliphatic carbocycles. The van der Waals surface area contributed by atoms with Crippen LogP contribution in [0.3, 0.4) is 0 Å². The lowest BCUT2D eigenvalue weighted by Gasteiger charge is -2.46. The zero-order valence-electron chi connectivity index (χ0n) is 18.0. The average Bonchev–Trinajstić information content (AvgIpc) is 3.33. The van der Waals surface area contributed by atoms with E-state index in [0.717, 1.165) is 4.83 Å². The Balaban J connectivity index is 1.68. The Kier molecular flexibility index (Phi) is 5.17. The molecule has 0 radical (unpaired) electrons. The van der Waals surface area contributed by atoms with E-state index in [4.69, 9.17) is 9.47 Å². The number of ether oxygens (including phenoxy) is 2. The molecule has 2 aliphatic rings. The van der Waals surface area contributed by atoms with Crippen LogP contribution in [-0.2, 0) is 23.9 Å². The topological polar surface area (TPSA) is 110 Å². The summed E-state index contributed by atoms with van der Waals surface area (Å²) in [6.45, 7) is 8.01. The summed E-state index contributed by atoms with van der Waals surface area (Å²) in [6, 6.07) is -0.367. The summed E-state index contributed by atoms with van der Waals surface area (Å²) in [5, 5.41) is 12.0. The summed E-state index contributed by atoms with van der Waals surface area (Å²) < 4.78 is 12.1. The second-order valence-electron chi connectivity index (χ2n) is 8.94. The maximum Gasteiger partial charge on any atom is 0.358 e. The number of carbonyl (C=O) groups is 3.